The van der Waals surface area contributed by atoms with Gasteiger partial charge in [-0.25, -0.2) is 0 Å². The summed E-state index contributed by atoms with van der Waals surface area (Å²) in [6, 6.07) is 3.16. The molecule has 3 rings (SSSR count). The van der Waals surface area contributed by atoms with Gasteiger partial charge in [-0.3, -0.25) is 4.79 Å². The summed E-state index contributed by atoms with van der Waals surface area (Å²) < 4.78 is 0. The molecule has 22 heavy (non-hydrogen) atoms. The molecule has 1 aliphatic heterocycles. The van der Waals surface area contributed by atoms with Gasteiger partial charge in [0.2, 0.25) is 5.91 Å². The maximum Gasteiger partial charge on any atom is 0.225 e. The first kappa shape index (κ1) is 16.0. The van der Waals surface area contributed by atoms with Crippen molar-refractivity contribution in [3.8, 4) is 0 Å². The Morgan fingerprint density at radius 1 is 1.23 bits per heavy atom. The van der Waals surface area contributed by atoms with Crippen LogP contribution in [-0.4, -0.2) is 29.9 Å². The van der Waals surface area contributed by atoms with Crippen LogP contribution in [-0.2, 0) is 4.79 Å². The number of thiophene rings is 1. The third-order valence-corrected chi connectivity index (χ3v) is 5.99. The number of carbonyl (C=O) groups excluding carboxylic acids is 1. The summed E-state index contributed by atoms with van der Waals surface area (Å²) in [6.45, 7) is 4.11. The Hall–Kier alpha value is -0.870. The van der Waals surface area contributed by atoms with Crippen LogP contribution in [0.3, 0.4) is 0 Å². The third-order valence-electron chi connectivity index (χ3n) is 5.29. The van der Waals surface area contributed by atoms with Crippen molar-refractivity contribution in [2.75, 3.05) is 13.1 Å². The van der Waals surface area contributed by atoms with Crippen molar-refractivity contribution in [2.45, 2.75) is 64.0 Å². The fraction of sp³-hybridized carbons (Fsp3) is 0.722. The van der Waals surface area contributed by atoms with Gasteiger partial charge in [-0.15, -0.1) is 0 Å². The summed E-state index contributed by atoms with van der Waals surface area (Å²) >= 11 is 1.76. The fourth-order valence-electron chi connectivity index (χ4n) is 3.85. The normalized spacial score (nSPS) is 22.7. The van der Waals surface area contributed by atoms with E-state index in [4.69, 9.17) is 0 Å². The molecule has 2 heterocycles. The molecule has 0 aromatic carbocycles. The Bertz CT molecular complexity index is 459. The highest BCUT2D eigenvalue weighted by Gasteiger charge is 2.29. The maximum absolute atomic E-state index is 12.6. The summed E-state index contributed by atoms with van der Waals surface area (Å²) in [4.78, 5) is 14.7. The molecule has 2 aliphatic rings. The second kappa shape index (κ2) is 7.60. The summed E-state index contributed by atoms with van der Waals surface area (Å²) in [5.74, 6) is 0.757. The Morgan fingerprint density at radius 2 is 1.95 bits per heavy atom. The van der Waals surface area contributed by atoms with E-state index < -0.39 is 0 Å². The lowest BCUT2D eigenvalue weighted by molar-refractivity contribution is -0.137. The molecule has 1 unspecified atom stereocenters. The van der Waals surface area contributed by atoms with Gasteiger partial charge in [0.25, 0.3) is 0 Å². The van der Waals surface area contributed by atoms with Crippen molar-refractivity contribution < 1.29 is 4.79 Å². The van der Waals surface area contributed by atoms with Gasteiger partial charge in [0.15, 0.2) is 0 Å². The molecule has 1 saturated carbocycles. The molecule has 3 nitrogen and oxygen atoms in total. The largest absolute Gasteiger partial charge is 0.342 e. The van der Waals surface area contributed by atoms with Gasteiger partial charge in [-0.2, -0.15) is 11.3 Å². The van der Waals surface area contributed by atoms with Gasteiger partial charge in [0, 0.05) is 31.1 Å². The van der Waals surface area contributed by atoms with Crippen LogP contribution in [0.1, 0.15) is 63.5 Å². The molecule has 1 N–H and O–H groups in total. The first-order chi connectivity index (χ1) is 10.7. The molecular weight excluding hydrogens is 292 g/mol. The zero-order valence-corrected chi connectivity index (χ0v) is 14.4. The quantitative estimate of drug-likeness (QED) is 0.910. The van der Waals surface area contributed by atoms with Crippen molar-refractivity contribution in [2.24, 2.45) is 5.92 Å². The van der Waals surface area contributed by atoms with Crippen LogP contribution in [0.25, 0.3) is 0 Å². The number of rotatable bonds is 4. The summed E-state index contributed by atoms with van der Waals surface area (Å²) in [5.41, 5.74) is 1.38. The molecule has 1 amide bonds. The number of likely N-dealkylation sites (tertiary alicyclic amines) is 1. The number of nitrogens with one attached hydrogen (secondary N) is 1. The van der Waals surface area contributed by atoms with Gasteiger partial charge in [0.1, 0.15) is 0 Å². The highest BCUT2D eigenvalue weighted by Crippen LogP contribution is 2.27. The number of amides is 1. The Kier molecular flexibility index (Phi) is 5.53. The molecule has 1 aromatic heterocycles. The maximum atomic E-state index is 12.6. The minimum absolute atomic E-state index is 0.322. The van der Waals surface area contributed by atoms with Crippen molar-refractivity contribution in [3.63, 3.8) is 0 Å². The smallest absolute Gasteiger partial charge is 0.225 e. The van der Waals surface area contributed by atoms with Gasteiger partial charge in [-0.05, 0) is 55.0 Å². The zero-order chi connectivity index (χ0) is 15.4. The number of hydrogen-bond donors (Lipinski definition) is 1. The first-order valence-corrected chi connectivity index (χ1v) is 9.75. The molecule has 0 bridgehead atoms. The minimum Gasteiger partial charge on any atom is -0.342 e. The molecule has 0 spiro atoms. The van der Waals surface area contributed by atoms with Crippen LogP contribution in [0, 0.1) is 5.92 Å². The Morgan fingerprint density at radius 3 is 2.59 bits per heavy atom. The van der Waals surface area contributed by atoms with Crippen LogP contribution < -0.4 is 5.32 Å². The zero-order valence-electron chi connectivity index (χ0n) is 13.6. The SMILES string of the molecule is CC(NC1CCN(C(=O)C2CCCCC2)CC1)c1ccsc1. The second-order valence-electron chi connectivity index (χ2n) is 6.88. The standard InChI is InChI=1S/C18H28N2OS/c1-14(16-9-12-22-13-16)19-17-7-10-20(11-8-17)18(21)15-5-3-2-4-6-15/h9,12-15,17,19H,2-8,10-11H2,1H3. The third kappa shape index (κ3) is 3.90. The predicted octanol–water partition coefficient (Wildman–Crippen LogP) is 3.97. The lowest BCUT2D eigenvalue weighted by Gasteiger charge is -2.36. The van der Waals surface area contributed by atoms with E-state index in [1.54, 1.807) is 11.3 Å². The Labute approximate surface area is 138 Å². The molecule has 2 fully saturated rings. The van der Waals surface area contributed by atoms with Crippen molar-refractivity contribution in [1.29, 1.82) is 0 Å². The summed E-state index contributed by atoms with van der Waals surface area (Å²) in [7, 11) is 0. The van der Waals surface area contributed by atoms with E-state index in [1.807, 2.05) is 0 Å². The molecule has 1 atom stereocenters. The number of hydrogen-bond acceptors (Lipinski definition) is 3. The molecule has 4 heteroatoms. The first-order valence-electron chi connectivity index (χ1n) is 8.81. The van der Waals surface area contributed by atoms with Gasteiger partial charge >= 0.3 is 0 Å². The van der Waals surface area contributed by atoms with Gasteiger partial charge in [0.05, 0.1) is 0 Å². The van der Waals surface area contributed by atoms with E-state index in [9.17, 15) is 4.79 Å². The van der Waals surface area contributed by atoms with Crippen LogP contribution in [0.2, 0.25) is 0 Å². The monoisotopic (exact) mass is 320 g/mol. The summed E-state index contributed by atoms with van der Waals surface area (Å²) in [5, 5.41) is 8.09. The van der Waals surface area contributed by atoms with Gasteiger partial charge in [-0.1, -0.05) is 19.3 Å². The van der Waals surface area contributed by atoms with Gasteiger partial charge < -0.3 is 10.2 Å². The molecule has 0 radical (unpaired) electrons. The average Bonchev–Trinajstić information content (AvgIpc) is 3.10. The van der Waals surface area contributed by atoms with E-state index >= 15 is 0 Å². The minimum atomic E-state index is 0.322. The molecule has 122 valence electrons. The van der Waals surface area contributed by atoms with Crippen LogP contribution in [0.15, 0.2) is 16.8 Å². The average molecular weight is 321 g/mol. The van der Waals surface area contributed by atoms with Crippen LogP contribution >= 0.6 is 11.3 Å². The van der Waals surface area contributed by atoms with Crippen LogP contribution in [0.5, 0.6) is 0 Å². The Balaban J connectivity index is 1.44. The highest BCUT2D eigenvalue weighted by molar-refractivity contribution is 7.07. The lowest BCUT2D eigenvalue weighted by atomic mass is 9.87. The number of piperidine rings is 1. The molecule has 1 saturated heterocycles. The van der Waals surface area contributed by atoms with Crippen molar-refractivity contribution >= 4 is 17.2 Å². The molecule has 1 aliphatic carbocycles. The second-order valence-corrected chi connectivity index (χ2v) is 7.66. The van der Waals surface area contributed by atoms with E-state index in [-0.39, 0.29) is 0 Å². The van der Waals surface area contributed by atoms with E-state index in [0.717, 1.165) is 38.8 Å². The molecule has 1 aromatic rings. The van der Waals surface area contributed by atoms with E-state index in [0.29, 0.717) is 23.9 Å². The fourth-order valence-corrected chi connectivity index (χ4v) is 4.60. The molecular formula is C18H28N2OS. The predicted molar refractivity (Wildman–Crippen MR) is 92.0 cm³/mol. The number of nitrogens with zero attached hydrogens (tertiary/aromatic N) is 1. The highest BCUT2D eigenvalue weighted by atomic mass is 32.1. The van der Waals surface area contributed by atoms with E-state index in [1.165, 1.54) is 24.8 Å². The topological polar surface area (TPSA) is 32.3 Å². The number of carbonyl (C=O) groups is 1. The van der Waals surface area contributed by atoms with E-state index in [2.05, 4.69) is 34.0 Å². The summed E-state index contributed by atoms with van der Waals surface area (Å²) in [6.07, 6.45) is 8.22. The van der Waals surface area contributed by atoms with Crippen LogP contribution in [0.4, 0.5) is 0 Å². The lowest BCUT2D eigenvalue weighted by Crippen LogP contribution is -2.47. The van der Waals surface area contributed by atoms with Crippen molar-refractivity contribution in [3.05, 3.63) is 22.4 Å². The van der Waals surface area contributed by atoms with Crippen molar-refractivity contribution in [1.82, 2.24) is 10.2 Å².